The highest BCUT2D eigenvalue weighted by molar-refractivity contribution is 4.86. The molecule has 88 valence electrons. The number of rotatable bonds is 3. The van der Waals surface area contributed by atoms with Gasteiger partial charge in [0.05, 0.1) is 0 Å². The van der Waals surface area contributed by atoms with Crippen molar-refractivity contribution in [1.82, 2.24) is 9.80 Å². The average Bonchev–Trinajstić information content (AvgIpc) is 2.75. The zero-order valence-corrected chi connectivity index (χ0v) is 9.99. The molecule has 1 aliphatic heterocycles. The van der Waals surface area contributed by atoms with Crippen molar-refractivity contribution in [3.05, 3.63) is 0 Å². The lowest BCUT2D eigenvalue weighted by Gasteiger charge is -2.42. The molecule has 0 aromatic heterocycles. The minimum atomic E-state index is 0.698. The van der Waals surface area contributed by atoms with Crippen LogP contribution in [0.2, 0.25) is 0 Å². The molecule has 1 atom stereocenters. The Labute approximate surface area is 93.6 Å². The van der Waals surface area contributed by atoms with Crippen molar-refractivity contribution in [2.45, 2.75) is 44.2 Å². The van der Waals surface area contributed by atoms with Crippen molar-refractivity contribution >= 4 is 0 Å². The zero-order chi connectivity index (χ0) is 10.7. The third kappa shape index (κ3) is 2.71. The summed E-state index contributed by atoms with van der Waals surface area (Å²) in [5, 5.41) is 0. The van der Waals surface area contributed by atoms with Gasteiger partial charge in [-0.15, -0.1) is 0 Å². The van der Waals surface area contributed by atoms with Crippen LogP contribution >= 0.6 is 0 Å². The summed E-state index contributed by atoms with van der Waals surface area (Å²) in [6, 6.07) is 1.59. The molecule has 2 rings (SSSR count). The normalized spacial score (nSPS) is 31.2. The number of hydrogen-bond donors (Lipinski definition) is 1. The maximum atomic E-state index is 5.68. The molecule has 2 N–H and O–H groups in total. The Kier molecular flexibility index (Phi) is 4.00. The Bertz CT molecular complexity index is 189. The lowest BCUT2D eigenvalue weighted by molar-refractivity contribution is 0.0631. The first-order valence-electron chi connectivity index (χ1n) is 6.45. The molecular formula is C12H25N3. The third-order valence-corrected chi connectivity index (χ3v) is 4.15. The summed E-state index contributed by atoms with van der Waals surface area (Å²) < 4.78 is 0. The molecule has 0 aromatic carbocycles. The van der Waals surface area contributed by atoms with Crippen LogP contribution in [0.1, 0.15) is 32.1 Å². The third-order valence-electron chi connectivity index (χ3n) is 4.15. The van der Waals surface area contributed by atoms with E-state index in [0.717, 1.165) is 19.0 Å². The summed E-state index contributed by atoms with van der Waals surface area (Å²) >= 11 is 0. The predicted molar refractivity (Wildman–Crippen MR) is 63.9 cm³/mol. The van der Waals surface area contributed by atoms with Crippen LogP contribution < -0.4 is 5.73 Å². The van der Waals surface area contributed by atoms with Crippen LogP contribution in [0.5, 0.6) is 0 Å². The molecule has 2 aliphatic rings. The Morgan fingerprint density at radius 3 is 2.60 bits per heavy atom. The van der Waals surface area contributed by atoms with Gasteiger partial charge in [-0.2, -0.15) is 0 Å². The van der Waals surface area contributed by atoms with E-state index in [1.54, 1.807) is 0 Å². The SMILES string of the molecule is CN1CCN(C2CCCC2)CC1CCN. The molecule has 0 aromatic rings. The van der Waals surface area contributed by atoms with Gasteiger partial charge in [0.25, 0.3) is 0 Å². The second-order valence-corrected chi connectivity index (χ2v) is 5.14. The maximum absolute atomic E-state index is 5.68. The molecule has 1 aliphatic carbocycles. The topological polar surface area (TPSA) is 32.5 Å². The second kappa shape index (κ2) is 5.28. The second-order valence-electron chi connectivity index (χ2n) is 5.14. The Hall–Kier alpha value is -0.120. The molecule has 0 spiro atoms. The number of nitrogens with zero attached hydrogens (tertiary/aromatic N) is 2. The summed E-state index contributed by atoms with van der Waals surface area (Å²) in [6.07, 6.45) is 6.90. The number of nitrogens with two attached hydrogens (primary N) is 1. The molecule has 0 amide bonds. The van der Waals surface area contributed by atoms with Gasteiger partial charge in [-0.3, -0.25) is 4.90 Å². The number of hydrogen-bond acceptors (Lipinski definition) is 3. The van der Waals surface area contributed by atoms with E-state index < -0.39 is 0 Å². The quantitative estimate of drug-likeness (QED) is 0.752. The number of likely N-dealkylation sites (N-methyl/N-ethyl adjacent to an activating group) is 1. The molecule has 1 saturated carbocycles. The van der Waals surface area contributed by atoms with Gasteiger partial charge >= 0.3 is 0 Å². The number of piperazine rings is 1. The van der Waals surface area contributed by atoms with E-state index >= 15 is 0 Å². The summed E-state index contributed by atoms with van der Waals surface area (Å²) in [7, 11) is 2.24. The average molecular weight is 211 g/mol. The lowest BCUT2D eigenvalue weighted by Crippen LogP contribution is -2.54. The fourth-order valence-corrected chi connectivity index (χ4v) is 3.08. The van der Waals surface area contributed by atoms with E-state index in [1.807, 2.05) is 0 Å². The van der Waals surface area contributed by atoms with Gasteiger partial charge in [0.2, 0.25) is 0 Å². The van der Waals surface area contributed by atoms with E-state index in [0.29, 0.717) is 6.04 Å². The van der Waals surface area contributed by atoms with Gasteiger partial charge < -0.3 is 10.6 Å². The first-order chi connectivity index (χ1) is 7.31. The lowest BCUT2D eigenvalue weighted by atomic mass is 10.1. The summed E-state index contributed by atoms with van der Waals surface area (Å²) in [5.41, 5.74) is 5.68. The van der Waals surface area contributed by atoms with Crippen LogP contribution in [-0.4, -0.2) is 55.1 Å². The Morgan fingerprint density at radius 2 is 1.93 bits per heavy atom. The van der Waals surface area contributed by atoms with E-state index in [1.165, 1.54) is 45.3 Å². The van der Waals surface area contributed by atoms with E-state index in [-0.39, 0.29) is 0 Å². The van der Waals surface area contributed by atoms with Crippen molar-refractivity contribution in [1.29, 1.82) is 0 Å². The maximum Gasteiger partial charge on any atom is 0.0232 e. The standard InChI is InChI=1S/C12H25N3/c1-14-8-9-15(10-12(14)6-7-13)11-4-2-3-5-11/h11-12H,2-10,13H2,1H3. The fourth-order valence-electron chi connectivity index (χ4n) is 3.08. The first-order valence-corrected chi connectivity index (χ1v) is 6.45. The molecule has 0 radical (unpaired) electrons. The van der Waals surface area contributed by atoms with Crippen LogP contribution in [-0.2, 0) is 0 Å². The molecule has 1 unspecified atom stereocenters. The van der Waals surface area contributed by atoms with Crippen molar-refractivity contribution in [2.24, 2.45) is 5.73 Å². The summed E-state index contributed by atoms with van der Waals surface area (Å²) in [4.78, 5) is 5.20. The molecule has 1 saturated heterocycles. The highest BCUT2D eigenvalue weighted by Crippen LogP contribution is 2.25. The minimum absolute atomic E-state index is 0.698. The highest BCUT2D eigenvalue weighted by Gasteiger charge is 2.29. The van der Waals surface area contributed by atoms with E-state index in [4.69, 9.17) is 5.73 Å². The minimum Gasteiger partial charge on any atom is -0.330 e. The molecule has 1 heterocycles. The van der Waals surface area contributed by atoms with E-state index in [9.17, 15) is 0 Å². The Morgan fingerprint density at radius 1 is 1.20 bits per heavy atom. The van der Waals surface area contributed by atoms with Crippen LogP contribution in [0.4, 0.5) is 0 Å². The Balaban J connectivity index is 1.86. The zero-order valence-electron chi connectivity index (χ0n) is 9.99. The van der Waals surface area contributed by atoms with Crippen LogP contribution in [0.15, 0.2) is 0 Å². The van der Waals surface area contributed by atoms with Gasteiger partial charge in [-0.05, 0) is 32.9 Å². The largest absolute Gasteiger partial charge is 0.330 e. The van der Waals surface area contributed by atoms with E-state index in [2.05, 4.69) is 16.8 Å². The van der Waals surface area contributed by atoms with Crippen molar-refractivity contribution in [3.8, 4) is 0 Å². The first kappa shape index (κ1) is 11.4. The smallest absolute Gasteiger partial charge is 0.0232 e. The monoisotopic (exact) mass is 211 g/mol. The van der Waals surface area contributed by atoms with Gasteiger partial charge in [0.15, 0.2) is 0 Å². The molecule has 0 bridgehead atoms. The van der Waals surface area contributed by atoms with Crippen molar-refractivity contribution in [3.63, 3.8) is 0 Å². The van der Waals surface area contributed by atoms with Crippen molar-refractivity contribution < 1.29 is 0 Å². The molecule has 2 fully saturated rings. The van der Waals surface area contributed by atoms with Gasteiger partial charge in [-0.25, -0.2) is 0 Å². The molecule has 3 heteroatoms. The van der Waals surface area contributed by atoms with Crippen LogP contribution in [0.25, 0.3) is 0 Å². The summed E-state index contributed by atoms with van der Waals surface area (Å²) in [6.45, 7) is 4.56. The van der Waals surface area contributed by atoms with Crippen molar-refractivity contribution in [2.75, 3.05) is 33.2 Å². The molecule has 15 heavy (non-hydrogen) atoms. The fraction of sp³-hybridized carbons (Fsp3) is 1.00. The van der Waals surface area contributed by atoms with Gasteiger partial charge in [-0.1, -0.05) is 12.8 Å². The van der Waals surface area contributed by atoms with Crippen LogP contribution in [0.3, 0.4) is 0 Å². The van der Waals surface area contributed by atoms with Crippen LogP contribution in [0, 0.1) is 0 Å². The summed E-state index contributed by atoms with van der Waals surface area (Å²) in [5.74, 6) is 0. The molecule has 3 nitrogen and oxygen atoms in total. The predicted octanol–water partition coefficient (Wildman–Crippen LogP) is 0.894. The van der Waals surface area contributed by atoms with Gasteiger partial charge in [0, 0.05) is 31.7 Å². The highest BCUT2D eigenvalue weighted by atomic mass is 15.3. The molecular weight excluding hydrogens is 186 g/mol. The van der Waals surface area contributed by atoms with Gasteiger partial charge in [0.1, 0.15) is 0 Å².